The molecule has 0 saturated carbocycles. The molecule has 3 aromatic rings. The van der Waals surface area contributed by atoms with E-state index in [1.807, 2.05) is 30.3 Å². The number of carbonyl (C=O) groups excluding carboxylic acids is 1. The van der Waals surface area contributed by atoms with Gasteiger partial charge in [0.25, 0.3) is 0 Å². The highest BCUT2D eigenvalue weighted by Gasteiger charge is 2.20. The highest BCUT2D eigenvalue weighted by atomic mass is 32.1. The summed E-state index contributed by atoms with van der Waals surface area (Å²) in [6.45, 7) is 3.27. The lowest BCUT2D eigenvalue weighted by Gasteiger charge is -2.18. The van der Waals surface area contributed by atoms with E-state index in [9.17, 15) is 4.79 Å². The van der Waals surface area contributed by atoms with Crippen LogP contribution in [0.2, 0.25) is 0 Å². The summed E-state index contributed by atoms with van der Waals surface area (Å²) < 4.78 is 2.31. The molecule has 4 heteroatoms. The van der Waals surface area contributed by atoms with Gasteiger partial charge in [0.2, 0.25) is 0 Å². The minimum atomic E-state index is 0.123. The molecule has 4 rings (SSSR count). The summed E-state index contributed by atoms with van der Waals surface area (Å²) in [6.07, 6.45) is 0. The van der Waals surface area contributed by atoms with Crippen molar-refractivity contribution in [2.45, 2.75) is 13.5 Å². The summed E-state index contributed by atoms with van der Waals surface area (Å²) in [6, 6.07) is 18.5. The molecule has 0 saturated heterocycles. The Morgan fingerprint density at radius 3 is 2.57 bits per heavy atom. The van der Waals surface area contributed by atoms with Gasteiger partial charge in [-0.1, -0.05) is 30.3 Å². The molecule has 0 atom stereocenters. The summed E-state index contributed by atoms with van der Waals surface area (Å²) in [5.41, 5.74) is 4.51. The van der Waals surface area contributed by atoms with E-state index in [0.717, 1.165) is 39.8 Å². The average molecular weight is 320 g/mol. The summed E-state index contributed by atoms with van der Waals surface area (Å²) in [4.78, 5) is 18.2. The summed E-state index contributed by atoms with van der Waals surface area (Å²) in [5, 5.41) is 0. The number of Topliss-reactive ketones (excluding diaryl/α,β-unsaturated/α-hetero) is 1. The predicted octanol–water partition coefficient (Wildman–Crippen LogP) is 4.27. The molecule has 3 nitrogen and oxygen atoms in total. The number of hydrogen-bond acceptors (Lipinski definition) is 3. The van der Waals surface area contributed by atoms with E-state index in [0.29, 0.717) is 0 Å². The second kappa shape index (κ2) is 5.63. The van der Waals surface area contributed by atoms with Crippen molar-refractivity contribution in [3.05, 3.63) is 70.7 Å². The van der Waals surface area contributed by atoms with Crippen LogP contribution in [0.15, 0.2) is 59.6 Å². The fraction of sp³-hybridized carbons (Fsp3) is 0.158. The summed E-state index contributed by atoms with van der Waals surface area (Å²) in [5.74, 6) is 0.123. The monoisotopic (exact) mass is 320 g/mol. The van der Waals surface area contributed by atoms with Crippen molar-refractivity contribution in [1.29, 1.82) is 0 Å². The van der Waals surface area contributed by atoms with Crippen LogP contribution in [0.4, 0.5) is 0 Å². The third-order valence-electron chi connectivity index (χ3n) is 4.07. The van der Waals surface area contributed by atoms with Gasteiger partial charge < -0.3 is 4.57 Å². The van der Waals surface area contributed by atoms with Crippen LogP contribution >= 0.6 is 11.3 Å². The number of nitrogens with zero attached hydrogens (tertiary/aromatic N) is 2. The van der Waals surface area contributed by atoms with Crippen molar-refractivity contribution in [2.24, 2.45) is 4.99 Å². The van der Waals surface area contributed by atoms with E-state index >= 15 is 0 Å². The van der Waals surface area contributed by atoms with Gasteiger partial charge in [0.1, 0.15) is 0 Å². The molecule has 0 bridgehead atoms. The van der Waals surface area contributed by atoms with Crippen LogP contribution in [-0.2, 0) is 6.54 Å². The molecular formula is C19H16N2OS. The normalized spacial score (nSPS) is 13.5. The molecule has 3 heterocycles. The third kappa shape index (κ3) is 2.45. The number of thiophene rings is 1. The van der Waals surface area contributed by atoms with Crippen LogP contribution in [0.1, 0.15) is 27.9 Å². The van der Waals surface area contributed by atoms with Crippen molar-refractivity contribution in [3.63, 3.8) is 0 Å². The molecule has 0 unspecified atom stereocenters. The van der Waals surface area contributed by atoms with Gasteiger partial charge in [-0.3, -0.25) is 9.79 Å². The number of fused-ring (bicyclic) bond motifs is 1. The van der Waals surface area contributed by atoms with Crippen molar-refractivity contribution in [3.8, 4) is 10.6 Å². The SMILES string of the molecule is CC(=O)c1ccc(-c2ccc3n2CCN=C3c2ccccc2)s1. The number of rotatable bonds is 3. The van der Waals surface area contributed by atoms with Gasteiger partial charge in [-0.15, -0.1) is 11.3 Å². The van der Waals surface area contributed by atoms with Gasteiger partial charge in [-0.05, 0) is 31.2 Å². The highest BCUT2D eigenvalue weighted by Crippen LogP contribution is 2.32. The molecule has 23 heavy (non-hydrogen) atoms. The second-order valence-corrected chi connectivity index (χ2v) is 6.66. The molecule has 0 amide bonds. The van der Waals surface area contributed by atoms with Crippen LogP contribution in [-0.4, -0.2) is 22.6 Å². The zero-order valence-electron chi connectivity index (χ0n) is 12.8. The maximum absolute atomic E-state index is 11.5. The highest BCUT2D eigenvalue weighted by molar-refractivity contribution is 7.17. The standard InChI is InChI=1S/C19H16N2OS/c1-13(22)17-9-10-18(23-17)15-7-8-16-19(20-11-12-21(15)16)14-5-3-2-4-6-14/h2-10H,11-12H2,1H3. The summed E-state index contributed by atoms with van der Waals surface area (Å²) in [7, 11) is 0. The average Bonchev–Trinajstić information content (AvgIpc) is 3.22. The zero-order valence-corrected chi connectivity index (χ0v) is 13.6. The van der Waals surface area contributed by atoms with Crippen LogP contribution in [0.5, 0.6) is 0 Å². The number of benzene rings is 1. The molecule has 0 aliphatic carbocycles. The molecule has 1 aliphatic rings. The minimum absolute atomic E-state index is 0.123. The number of carbonyl (C=O) groups is 1. The molecule has 0 radical (unpaired) electrons. The van der Waals surface area contributed by atoms with Gasteiger partial charge in [0, 0.05) is 12.1 Å². The number of aliphatic imine (C=N–C) groups is 1. The molecular weight excluding hydrogens is 304 g/mol. The Labute approximate surface area is 138 Å². The molecule has 0 fully saturated rings. The van der Waals surface area contributed by atoms with E-state index in [4.69, 9.17) is 4.99 Å². The first-order chi connectivity index (χ1) is 11.2. The number of ketones is 1. The van der Waals surface area contributed by atoms with Crippen LogP contribution in [0, 0.1) is 0 Å². The minimum Gasteiger partial charge on any atom is -0.337 e. The zero-order chi connectivity index (χ0) is 15.8. The smallest absolute Gasteiger partial charge is 0.169 e. The molecule has 0 N–H and O–H groups in total. The van der Waals surface area contributed by atoms with E-state index < -0.39 is 0 Å². The fourth-order valence-corrected chi connectivity index (χ4v) is 3.91. The topological polar surface area (TPSA) is 34.4 Å². The van der Waals surface area contributed by atoms with E-state index in [1.54, 1.807) is 18.3 Å². The van der Waals surface area contributed by atoms with Gasteiger partial charge in [-0.2, -0.15) is 0 Å². The number of hydrogen-bond donors (Lipinski definition) is 0. The van der Waals surface area contributed by atoms with Gasteiger partial charge in [-0.25, -0.2) is 0 Å². The molecule has 114 valence electrons. The Balaban J connectivity index is 1.78. The first-order valence-electron chi connectivity index (χ1n) is 7.65. The largest absolute Gasteiger partial charge is 0.337 e. The van der Waals surface area contributed by atoms with Crippen molar-refractivity contribution < 1.29 is 4.79 Å². The Bertz CT molecular complexity index is 903. The summed E-state index contributed by atoms with van der Waals surface area (Å²) >= 11 is 1.56. The Hall–Kier alpha value is -2.46. The molecule has 2 aromatic heterocycles. The van der Waals surface area contributed by atoms with Gasteiger partial charge >= 0.3 is 0 Å². The van der Waals surface area contributed by atoms with E-state index in [-0.39, 0.29) is 5.78 Å². The van der Waals surface area contributed by atoms with Gasteiger partial charge in [0.05, 0.1) is 33.4 Å². The first kappa shape index (κ1) is 14.2. The predicted molar refractivity (Wildman–Crippen MR) is 94.7 cm³/mol. The lowest BCUT2D eigenvalue weighted by atomic mass is 10.1. The third-order valence-corrected chi connectivity index (χ3v) is 5.28. The first-order valence-corrected chi connectivity index (χ1v) is 8.46. The second-order valence-electron chi connectivity index (χ2n) is 5.57. The lowest BCUT2D eigenvalue weighted by Crippen LogP contribution is -2.19. The quantitative estimate of drug-likeness (QED) is 0.664. The fourth-order valence-electron chi connectivity index (χ4n) is 2.97. The lowest BCUT2D eigenvalue weighted by molar-refractivity contribution is 0.102. The van der Waals surface area contributed by atoms with Crippen LogP contribution in [0.25, 0.3) is 10.6 Å². The van der Waals surface area contributed by atoms with Crippen LogP contribution in [0.3, 0.4) is 0 Å². The Morgan fingerprint density at radius 2 is 1.83 bits per heavy atom. The molecule has 0 spiro atoms. The Kier molecular flexibility index (Phi) is 3.46. The maximum Gasteiger partial charge on any atom is 0.169 e. The van der Waals surface area contributed by atoms with Crippen LogP contribution < -0.4 is 0 Å². The van der Waals surface area contributed by atoms with Crippen molar-refractivity contribution >= 4 is 22.8 Å². The van der Waals surface area contributed by atoms with E-state index in [2.05, 4.69) is 28.8 Å². The van der Waals surface area contributed by atoms with Crippen molar-refractivity contribution in [1.82, 2.24) is 4.57 Å². The molecule has 1 aromatic carbocycles. The number of aromatic nitrogens is 1. The van der Waals surface area contributed by atoms with E-state index in [1.165, 1.54) is 5.69 Å². The Morgan fingerprint density at radius 1 is 1.04 bits per heavy atom. The van der Waals surface area contributed by atoms with Gasteiger partial charge in [0.15, 0.2) is 5.78 Å². The van der Waals surface area contributed by atoms with Crippen molar-refractivity contribution in [2.75, 3.05) is 6.54 Å². The molecule has 1 aliphatic heterocycles. The maximum atomic E-state index is 11.5.